The molecule has 2 aliphatic carbocycles. The number of carboxylic acid groups (broad SMARTS) is 5. The van der Waals surface area contributed by atoms with Crippen molar-refractivity contribution in [1.29, 1.82) is 0 Å². The number of nitrogens with two attached hydrogens (primary N) is 4. The topological polar surface area (TPSA) is 291 Å². The van der Waals surface area contributed by atoms with E-state index in [1.165, 1.54) is 25.7 Å². The molecule has 0 aliphatic heterocycles. The predicted molar refractivity (Wildman–Crippen MR) is 130 cm³/mol. The van der Waals surface area contributed by atoms with Crippen molar-refractivity contribution in [2.45, 2.75) is 75.5 Å². The first-order chi connectivity index (χ1) is 17.2. The Labute approximate surface area is 253 Å². The maximum Gasteiger partial charge on any atom is 2.00 e. The van der Waals surface area contributed by atoms with Crippen molar-refractivity contribution in [3.63, 3.8) is 0 Å². The molecule has 3 rings (SSSR count). The number of carboxylic acids is 5. The molecule has 13 N–H and O–H groups in total. The van der Waals surface area contributed by atoms with Gasteiger partial charge in [-0.3, -0.25) is 0 Å². The molecule has 222 valence electrons. The zero-order valence-electron chi connectivity index (χ0n) is 20.8. The molecule has 0 saturated heterocycles. The third kappa shape index (κ3) is 11.4. The van der Waals surface area contributed by atoms with Crippen molar-refractivity contribution in [2.75, 3.05) is 0 Å². The molecule has 14 nitrogen and oxygen atoms in total. The van der Waals surface area contributed by atoms with E-state index in [1.54, 1.807) is 0 Å². The van der Waals surface area contributed by atoms with E-state index in [2.05, 4.69) is 0 Å². The zero-order valence-corrected chi connectivity index (χ0v) is 25.3. The van der Waals surface area contributed by atoms with Gasteiger partial charge in [-0.25, -0.2) is 24.0 Å². The van der Waals surface area contributed by atoms with Crippen molar-refractivity contribution < 1.29 is 91.6 Å². The number of carbonyl (C=O) groups is 5. The van der Waals surface area contributed by atoms with Gasteiger partial charge < -0.3 is 48.5 Å². The number of rotatable bonds is 5. The fraction of sp³-hybridized carbons (Fsp3) is 0.522. The van der Waals surface area contributed by atoms with Crippen LogP contribution in [0.1, 0.15) is 103 Å². The first kappa shape index (κ1) is 38.9. The Balaban J connectivity index is 0. The van der Waals surface area contributed by atoms with Gasteiger partial charge in [0.1, 0.15) is 0 Å². The summed E-state index contributed by atoms with van der Waals surface area (Å²) in [7, 11) is 0. The molecule has 4 atom stereocenters. The van der Waals surface area contributed by atoms with Gasteiger partial charge in [-0.2, -0.15) is 0 Å². The van der Waals surface area contributed by atoms with E-state index >= 15 is 0 Å². The van der Waals surface area contributed by atoms with E-state index < -0.39 is 57.7 Å². The molecule has 0 spiro atoms. The molecule has 0 amide bonds. The van der Waals surface area contributed by atoms with Crippen LogP contribution < -0.4 is 22.9 Å². The van der Waals surface area contributed by atoms with E-state index in [9.17, 15) is 24.0 Å². The second-order valence-corrected chi connectivity index (χ2v) is 8.85. The molecule has 16 heteroatoms. The molecule has 39 heavy (non-hydrogen) atoms. The van der Waals surface area contributed by atoms with Crippen LogP contribution in [0.25, 0.3) is 0 Å². The summed E-state index contributed by atoms with van der Waals surface area (Å²) in [5.74, 6) is -9.91. The largest absolute Gasteiger partial charge is 2.00 e. The third-order valence-electron chi connectivity index (χ3n) is 6.18. The van der Waals surface area contributed by atoms with Crippen molar-refractivity contribution in [3.8, 4) is 0 Å². The summed E-state index contributed by atoms with van der Waals surface area (Å²) in [6, 6.07) is 1.42. The van der Waals surface area contributed by atoms with Crippen molar-refractivity contribution in [1.82, 2.24) is 0 Å². The van der Waals surface area contributed by atoms with Crippen LogP contribution in [0, 0.1) is 0 Å². The number of hydrogen-bond acceptors (Lipinski definition) is 9. The fourth-order valence-electron chi connectivity index (χ4n) is 4.05. The van der Waals surface area contributed by atoms with Crippen molar-refractivity contribution in [3.05, 3.63) is 33.9 Å². The van der Waals surface area contributed by atoms with Crippen LogP contribution in [0.5, 0.6) is 0 Å². The molecular weight excluding hydrogens is 882 g/mol. The Kier molecular flexibility index (Phi) is 18.2. The van der Waals surface area contributed by atoms with Gasteiger partial charge in [0.2, 0.25) is 0 Å². The summed E-state index contributed by atoms with van der Waals surface area (Å²) in [5, 5.41) is 44.5. The molecule has 0 heterocycles. The van der Waals surface area contributed by atoms with Crippen molar-refractivity contribution >= 4 is 29.8 Å². The predicted octanol–water partition coefficient (Wildman–Crippen LogP) is 0.603. The smallest absolute Gasteiger partial charge is 0.478 e. The Morgan fingerprint density at radius 2 is 0.718 bits per heavy atom. The minimum Gasteiger partial charge on any atom is -0.478 e. The summed E-state index contributed by atoms with van der Waals surface area (Å²) in [6.07, 6.45) is 9.60. The van der Waals surface area contributed by atoms with Crippen LogP contribution >= 0.6 is 0 Å². The van der Waals surface area contributed by atoms with Gasteiger partial charge in [-0.05, 0) is 31.7 Å². The van der Waals surface area contributed by atoms with Crippen LogP contribution in [-0.4, -0.2) is 79.5 Å². The van der Waals surface area contributed by atoms with E-state index in [-0.39, 0.29) is 66.3 Å². The van der Waals surface area contributed by atoms with Crippen molar-refractivity contribution in [2.24, 2.45) is 22.9 Å². The molecule has 2 aliphatic rings. The van der Waals surface area contributed by atoms with E-state index in [1.807, 2.05) is 0 Å². The zero-order chi connectivity index (χ0) is 28.4. The van der Waals surface area contributed by atoms with E-state index in [0.717, 1.165) is 25.7 Å². The minimum atomic E-state index is -2.07. The second kappa shape index (κ2) is 18.2. The van der Waals surface area contributed by atoms with Crippen LogP contribution in [0.4, 0.5) is 0 Å². The molecule has 1 aromatic rings. The van der Waals surface area contributed by atoms with Gasteiger partial charge >= 0.3 is 72.0 Å². The fourth-order valence-corrected chi connectivity index (χ4v) is 4.05. The number of hydrogen-bond donors (Lipinski definition) is 9. The van der Waals surface area contributed by atoms with E-state index in [0.29, 0.717) is 6.07 Å². The van der Waals surface area contributed by atoms with E-state index in [4.69, 9.17) is 48.5 Å². The first-order valence-electron chi connectivity index (χ1n) is 11.6. The van der Waals surface area contributed by atoms with Gasteiger partial charge in [0.15, 0.2) is 0 Å². The maximum atomic E-state index is 11.1. The summed E-state index contributed by atoms with van der Waals surface area (Å²) >= 11 is 0. The van der Waals surface area contributed by atoms with Crippen LogP contribution in [-0.2, 0) is 42.1 Å². The number of aromatic carboxylic acids is 5. The molecule has 2 saturated carbocycles. The normalized spacial score (nSPS) is 21.6. The average molecular weight is 917 g/mol. The van der Waals surface area contributed by atoms with Gasteiger partial charge in [-0.1, -0.05) is 25.7 Å². The molecule has 0 aromatic heterocycles. The Hall–Kier alpha value is -2.21. The third-order valence-corrected chi connectivity index (χ3v) is 6.18. The molecule has 4 unspecified atom stereocenters. The summed E-state index contributed by atoms with van der Waals surface area (Å²) in [5.41, 5.74) is 16.3. The summed E-state index contributed by atoms with van der Waals surface area (Å²) in [4.78, 5) is 55.1. The standard InChI is InChI=1S/C11H6O10.2C6H14N2.2Pt/c12-7(13)2-1-3(8(14)15)5(10(18)19)6(11(20)21)4(2)9(16)17;2*7-5-3-1-2-4-6(5)8;;/h1H,(H,12,13)(H,14,15)(H,16,17)(H,18,19)(H,20,21);2*5-6H,1-4,7-8H2;;/q;;;2*+2. The Bertz CT molecular complexity index is 950. The van der Waals surface area contributed by atoms with Crippen LogP contribution in [0.2, 0.25) is 0 Å². The quantitative estimate of drug-likeness (QED) is 0.196. The minimum absolute atomic E-state index is 0. The second-order valence-electron chi connectivity index (χ2n) is 8.85. The van der Waals surface area contributed by atoms with Gasteiger partial charge in [0.05, 0.1) is 27.8 Å². The molecular formula is C23H34N4O10Pt2+4. The monoisotopic (exact) mass is 916 g/mol. The van der Waals surface area contributed by atoms with Gasteiger partial charge in [0, 0.05) is 24.2 Å². The van der Waals surface area contributed by atoms with Crippen LogP contribution in [0.3, 0.4) is 0 Å². The summed E-state index contributed by atoms with van der Waals surface area (Å²) in [6.45, 7) is 0. The van der Waals surface area contributed by atoms with Gasteiger partial charge in [0.25, 0.3) is 0 Å². The summed E-state index contributed by atoms with van der Waals surface area (Å²) < 4.78 is 0. The number of benzene rings is 1. The SMILES string of the molecule is NC1CCCCC1N.NC1CCCCC1N.O=C(O)c1cc(C(=O)O)c(C(=O)O)c(C(=O)O)c1C(=O)O.[Pt+2].[Pt+2]. The Morgan fingerprint density at radius 1 is 0.487 bits per heavy atom. The maximum absolute atomic E-state index is 11.1. The molecule has 0 radical (unpaired) electrons. The molecule has 2 fully saturated rings. The molecule has 0 bridgehead atoms. The Morgan fingerprint density at radius 3 is 0.872 bits per heavy atom. The van der Waals surface area contributed by atoms with Crippen LogP contribution in [0.15, 0.2) is 6.07 Å². The first-order valence-corrected chi connectivity index (χ1v) is 11.6. The average Bonchev–Trinajstić information content (AvgIpc) is 2.81. The molecule has 1 aromatic carbocycles. The van der Waals surface area contributed by atoms with Gasteiger partial charge in [-0.15, -0.1) is 0 Å².